The van der Waals surface area contributed by atoms with Gasteiger partial charge in [0.05, 0.1) is 21.8 Å². The van der Waals surface area contributed by atoms with Crippen molar-refractivity contribution >= 4 is 21.8 Å². The Kier molecular flexibility index (Phi) is 4.06. The van der Waals surface area contributed by atoms with E-state index in [1.807, 2.05) is 26.0 Å². The molecule has 0 unspecified atom stereocenters. The van der Waals surface area contributed by atoms with E-state index in [1.165, 1.54) is 0 Å². The number of fused-ring (bicyclic) bond motifs is 2. The van der Waals surface area contributed by atoms with E-state index >= 15 is 0 Å². The summed E-state index contributed by atoms with van der Waals surface area (Å²) in [5.74, 6) is 0.279. The van der Waals surface area contributed by atoms with Gasteiger partial charge in [-0.2, -0.15) is 0 Å². The Morgan fingerprint density at radius 1 is 0.633 bits per heavy atom. The highest BCUT2D eigenvalue weighted by atomic mass is 16.4. The summed E-state index contributed by atoms with van der Waals surface area (Å²) in [5, 5.41) is 0.837. The van der Waals surface area contributed by atoms with Crippen LogP contribution in [0.2, 0.25) is 0 Å². The van der Waals surface area contributed by atoms with Crippen molar-refractivity contribution < 1.29 is 8.83 Å². The first-order valence-electron chi connectivity index (χ1n) is 9.42. The van der Waals surface area contributed by atoms with Crippen LogP contribution in [-0.2, 0) is 0 Å². The van der Waals surface area contributed by atoms with Crippen LogP contribution in [0.15, 0.2) is 79.1 Å². The summed E-state index contributed by atoms with van der Waals surface area (Å²) >= 11 is 0. The number of nitrogens with zero attached hydrogens (tertiary/aromatic N) is 2. The molecular formula is C24H16N2O4. The van der Waals surface area contributed by atoms with Gasteiger partial charge < -0.3 is 8.83 Å². The molecule has 2 aromatic heterocycles. The molecular weight excluding hydrogens is 380 g/mol. The second-order valence-corrected chi connectivity index (χ2v) is 7.20. The Hall–Kier alpha value is -4.06. The number of hydrogen-bond donors (Lipinski definition) is 0. The standard InChI is InChI=1S/C24H16N2O4/c1-13-7-9-19-17(11-13)23(27)29-21(25-19)15-5-3-4-6-16(15)22-26-20-10-8-14(2)12-18(20)24(28)30-22/h3-12H,1-2H3. The van der Waals surface area contributed by atoms with Crippen molar-refractivity contribution in [3.63, 3.8) is 0 Å². The summed E-state index contributed by atoms with van der Waals surface area (Å²) in [6.45, 7) is 3.80. The fourth-order valence-corrected chi connectivity index (χ4v) is 3.46. The fourth-order valence-electron chi connectivity index (χ4n) is 3.46. The molecule has 0 fully saturated rings. The van der Waals surface area contributed by atoms with Gasteiger partial charge in [-0.15, -0.1) is 0 Å². The highest BCUT2D eigenvalue weighted by Gasteiger charge is 2.17. The highest BCUT2D eigenvalue weighted by Crippen LogP contribution is 2.30. The van der Waals surface area contributed by atoms with Crippen LogP contribution in [0.4, 0.5) is 0 Å². The van der Waals surface area contributed by atoms with Crippen molar-refractivity contribution in [1.82, 2.24) is 9.97 Å². The van der Waals surface area contributed by atoms with E-state index in [9.17, 15) is 9.59 Å². The highest BCUT2D eigenvalue weighted by molar-refractivity contribution is 5.84. The molecule has 0 aliphatic rings. The smallest absolute Gasteiger partial charge is 0.347 e. The minimum atomic E-state index is -0.475. The summed E-state index contributed by atoms with van der Waals surface area (Å²) in [7, 11) is 0. The predicted octanol–water partition coefficient (Wildman–Crippen LogP) is 4.64. The SMILES string of the molecule is Cc1ccc2nc(-c3ccccc3-c3nc4ccc(C)cc4c(=O)o3)oc(=O)c2c1. The first kappa shape index (κ1) is 18.0. The van der Waals surface area contributed by atoms with E-state index in [0.717, 1.165) is 11.1 Å². The average molecular weight is 396 g/mol. The lowest BCUT2D eigenvalue weighted by molar-refractivity contribution is 0.511. The Bertz CT molecular complexity index is 1450. The molecule has 30 heavy (non-hydrogen) atoms. The molecule has 0 atom stereocenters. The van der Waals surface area contributed by atoms with Crippen molar-refractivity contribution in [3.8, 4) is 22.9 Å². The van der Waals surface area contributed by atoms with Gasteiger partial charge in [0, 0.05) is 11.1 Å². The van der Waals surface area contributed by atoms with E-state index in [4.69, 9.17) is 8.83 Å². The minimum absolute atomic E-state index is 0.139. The van der Waals surface area contributed by atoms with Gasteiger partial charge in [-0.3, -0.25) is 0 Å². The van der Waals surface area contributed by atoms with Crippen molar-refractivity contribution in [2.75, 3.05) is 0 Å². The van der Waals surface area contributed by atoms with Crippen LogP contribution < -0.4 is 11.3 Å². The Morgan fingerprint density at radius 2 is 1.07 bits per heavy atom. The molecule has 0 aliphatic heterocycles. The van der Waals surface area contributed by atoms with Crippen LogP contribution in [-0.4, -0.2) is 9.97 Å². The molecule has 0 N–H and O–H groups in total. The molecule has 146 valence electrons. The largest absolute Gasteiger partial charge is 0.403 e. The van der Waals surface area contributed by atoms with Crippen molar-refractivity contribution in [2.24, 2.45) is 0 Å². The van der Waals surface area contributed by atoms with E-state index < -0.39 is 11.3 Å². The molecule has 6 heteroatoms. The number of benzene rings is 3. The summed E-state index contributed by atoms with van der Waals surface area (Å²) in [4.78, 5) is 34.1. The molecule has 0 saturated heterocycles. The molecule has 0 bridgehead atoms. The Labute approximate surface area is 170 Å². The van der Waals surface area contributed by atoms with Gasteiger partial charge in [0.25, 0.3) is 0 Å². The number of aryl methyl sites for hydroxylation is 2. The molecule has 0 saturated carbocycles. The normalized spacial score (nSPS) is 11.3. The summed E-state index contributed by atoms with van der Waals surface area (Å²) in [5.41, 5.74) is 3.03. The number of aromatic nitrogens is 2. The monoisotopic (exact) mass is 396 g/mol. The van der Waals surface area contributed by atoms with Gasteiger partial charge in [0.1, 0.15) is 0 Å². The first-order valence-corrected chi connectivity index (χ1v) is 9.42. The van der Waals surface area contributed by atoms with Gasteiger partial charge >= 0.3 is 11.3 Å². The van der Waals surface area contributed by atoms with Crippen LogP contribution in [0.1, 0.15) is 11.1 Å². The van der Waals surface area contributed by atoms with Crippen LogP contribution in [0.3, 0.4) is 0 Å². The molecule has 5 aromatic rings. The zero-order chi connectivity index (χ0) is 20.8. The molecule has 0 aliphatic carbocycles. The molecule has 2 heterocycles. The maximum absolute atomic E-state index is 12.5. The fraction of sp³-hybridized carbons (Fsp3) is 0.0833. The molecule has 0 amide bonds. The van der Waals surface area contributed by atoms with Gasteiger partial charge in [0.2, 0.25) is 11.8 Å². The van der Waals surface area contributed by atoms with Crippen molar-refractivity contribution in [3.05, 3.63) is 92.6 Å². The third kappa shape index (κ3) is 2.99. The molecule has 5 rings (SSSR count). The third-order valence-corrected chi connectivity index (χ3v) is 4.95. The molecule has 0 radical (unpaired) electrons. The van der Waals surface area contributed by atoms with Crippen LogP contribution in [0, 0.1) is 13.8 Å². The average Bonchev–Trinajstić information content (AvgIpc) is 2.74. The quantitative estimate of drug-likeness (QED) is 0.432. The van der Waals surface area contributed by atoms with E-state index in [-0.39, 0.29) is 11.8 Å². The lowest BCUT2D eigenvalue weighted by Gasteiger charge is -2.08. The lowest BCUT2D eigenvalue weighted by Crippen LogP contribution is -2.05. The summed E-state index contributed by atoms with van der Waals surface area (Å²) < 4.78 is 11.0. The van der Waals surface area contributed by atoms with Gasteiger partial charge in [0.15, 0.2) is 0 Å². The van der Waals surface area contributed by atoms with Crippen LogP contribution in [0.25, 0.3) is 44.7 Å². The summed E-state index contributed by atoms with van der Waals surface area (Å²) in [6.07, 6.45) is 0. The molecule has 6 nitrogen and oxygen atoms in total. The molecule has 3 aromatic carbocycles. The predicted molar refractivity (Wildman–Crippen MR) is 114 cm³/mol. The van der Waals surface area contributed by atoms with Crippen LogP contribution in [0.5, 0.6) is 0 Å². The van der Waals surface area contributed by atoms with Crippen molar-refractivity contribution in [2.45, 2.75) is 13.8 Å². The summed E-state index contributed by atoms with van der Waals surface area (Å²) in [6, 6.07) is 17.9. The zero-order valence-corrected chi connectivity index (χ0v) is 16.3. The molecule has 0 spiro atoms. The maximum Gasteiger partial charge on any atom is 0.347 e. The van der Waals surface area contributed by atoms with Crippen LogP contribution >= 0.6 is 0 Å². The zero-order valence-electron chi connectivity index (χ0n) is 16.3. The minimum Gasteiger partial charge on any atom is -0.403 e. The van der Waals surface area contributed by atoms with Gasteiger partial charge in [-0.25, -0.2) is 19.6 Å². The second kappa shape index (κ2) is 6.77. The van der Waals surface area contributed by atoms with Crippen molar-refractivity contribution in [1.29, 1.82) is 0 Å². The maximum atomic E-state index is 12.5. The van der Waals surface area contributed by atoms with E-state index in [2.05, 4.69) is 9.97 Å². The van der Waals surface area contributed by atoms with E-state index in [1.54, 1.807) is 48.5 Å². The first-order chi connectivity index (χ1) is 14.5. The van der Waals surface area contributed by atoms with Gasteiger partial charge in [-0.05, 0) is 50.2 Å². The number of hydrogen-bond acceptors (Lipinski definition) is 6. The Morgan fingerprint density at radius 3 is 1.50 bits per heavy atom. The number of rotatable bonds is 2. The van der Waals surface area contributed by atoms with E-state index in [0.29, 0.717) is 32.9 Å². The Balaban J connectivity index is 1.75. The van der Waals surface area contributed by atoms with Gasteiger partial charge in [-0.1, -0.05) is 35.4 Å². The third-order valence-electron chi connectivity index (χ3n) is 4.95. The lowest BCUT2D eigenvalue weighted by atomic mass is 10.1. The topological polar surface area (TPSA) is 86.2 Å². The second-order valence-electron chi connectivity index (χ2n) is 7.20.